The number of hydrogen-bond donors (Lipinski definition) is 0. The first kappa shape index (κ1) is 16.6. The Morgan fingerprint density at radius 2 is 1.84 bits per heavy atom. The highest BCUT2D eigenvalue weighted by atomic mass is 35.5. The SMILES string of the molecule is CN(C)CCN1C(=O)C(Cl)(Cl)C1c1ccccc1.Cl. The Balaban J connectivity index is 0.00000180. The first-order chi connectivity index (χ1) is 8.44. The smallest absolute Gasteiger partial charge is 0.262 e. The van der Waals surface area contributed by atoms with E-state index in [1.54, 1.807) is 4.90 Å². The van der Waals surface area contributed by atoms with Crippen molar-refractivity contribution >= 4 is 41.5 Å². The number of rotatable bonds is 4. The van der Waals surface area contributed by atoms with E-state index in [9.17, 15) is 4.79 Å². The number of likely N-dealkylation sites (N-methyl/N-ethyl adjacent to an activating group) is 1. The van der Waals surface area contributed by atoms with Gasteiger partial charge < -0.3 is 9.80 Å². The molecule has 0 aliphatic carbocycles. The molecular formula is C13H17Cl3N2O. The number of β-lactam (4-membered cyclic amide) rings is 1. The summed E-state index contributed by atoms with van der Waals surface area (Å²) in [6.07, 6.45) is 0. The Kier molecular flexibility index (Phi) is 5.51. The van der Waals surface area contributed by atoms with Crippen LogP contribution >= 0.6 is 35.6 Å². The number of hydrogen-bond acceptors (Lipinski definition) is 2. The lowest BCUT2D eigenvalue weighted by molar-refractivity contribution is -0.148. The van der Waals surface area contributed by atoms with Gasteiger partial charge in [0.15, 0.2) is 0 Å². The summed E-state index contributed by atoms with van der Waals surface area (Å²) in [5.41, 5.74) is 0.973. The molecule has 0 radical (unpaired) electrons. The van der Waals surface area contributed by atoms with Crippen molar-refractivity contribution < 1.29 is 4.79 Å². The number of amides is 1. The van der Waals surface area contributed by atoms with Crippen molar-refractivity contribution in [2.75, 3.05) is 27.2 Å². The van der Waals surface area contributed by atoms with Gasteiger partial charge in [-0.25, -0.2) is 0 Å². The van der Waals surface area contributed by atoms with Crippen LogP contribution < -0.4 is 0 Å². The molecule has 1 saturated heterocycles. The fraction of sp³-hybridized carbons (Fsp3) is 0.462. The van der Waals surface area contributed by atoms with Crippen molar-refractivity contribution in [1.82, 2.24) is 9.80 Å². The van der Waals surface area contributed by atoms with E-state index in [-0.39, 0.29) is 24.4 Å². The number of benzene rings is 1. The molecule has 2 rings (SSSR count). The second kappa shape index (κ2) is 6.31. The van der Waals surface area contributed by atoms with E-state index in [0.717, 1.165) is 12.1 Å². The molecule has 0 spiro atoms. The van der Waals surface area contributed by atoms with Gasteiger partial charge in [0.1, 0.15) is 0 Å². The van der Waals surface area contributed by atoms with E-state index in [2.05, 4.69) is 0 Å². The van der Waals surface area contributed by atoms with E-state index in [0.29, 0.717) is 6.54 Å². The fourth-order valence-corrected chi connectivity index (χ4v) is 2.82. The highest BCUT2D eigenvalue weighted by molar-refractivity contribution is 6.60. The minimum absolute atomic E-state index is 0. The highest BCUT2D eigenvalue weighted by Gasteiger charge is 2.59. The van der Waals surface area contributed by atoms with E-state index >= 15 is 0 Å². The zero-order chi connectivity index (χ0) is 13.3. The third-order valence-electron chi connectivity index (χ3n) is 3.10. The molecule has 0 aromatic heterocycles. The fourth-order valence-electron chi connectivity index (χ4n) is 2.12. The van der Waals surface area contributed by atoms with Gasteiger partial charge in [-0.05, 0) is 19.7 Å². The Morgan fingerprint density at radius 1 is 1.26 bits per heavy atom. The number of halogens is 3. The van der Waals surface area contributed by atoms with Crippen LogP contribution in [0.3, 0.4) is 0 Å². The van der Waals surface area contributed by atoms with Crippen molar-refractivity contribution in [3.8, 4) is 0 Å². The maximum absolute atomic E-state index is 11.9. The van der Waals surface area contributed by atoms with Crippen LogP contribution in [-0.4, -0.2) is 47.2 Å². The summed E-state index contributed by atoms with van der Waals surface area (Å²) in [6.45, 7) is 1.42. The van der Waals surface area contributed by atoms with Crippen LogP contribution in [0.5, 0.6) is 0 Å². The Morgan fingerprint density at radius 3 is 2.37 bits per heavy atom. The lowest BCUT2D eigenvalue weighted by atomic mass is 9.92. The molecule has 1 heterocycles. The van der Waals surface area contributed by atoms with Gasteiger partial charge in [-0.15, -0.1) is 12.4 Å². The highest BCUT2D eigenvalue weighted by Crippen LogP contribution is 2.50. The Hall–Kier alpha value is -0.480. The monoisotopic (exact) mass is 322 g/mol. The molecule has 3 nitrogen and oxygen atoms in total. The van der Waals surface area contributed by atoms with Gasteiger partial charge in [-0.3, -0.25) is 4.79 Å². The maximum atomic E-state index is 11.9. The molecule has 0 bridgehead atoms. The first-order valence-electron chi connectivity index (χ1n) is 5.83. The topological polar surface area (TPSA) is 23.6 Å². The van der Waals surface area contributed by atoms with E-state index in [4.69, 9.17) is 23.2 Å². The summed E-state index contributed by atoms with van der Waals surface area (Å²) in [5, 5.41) is 0. The van der Waals surface area contributed by atoms with Crippen LogP contribution in [0.1, 0.15) is 11.6 Å². The molecule has 0 saturated carbocycles. The summed E-state index contributed by atoms with van der Waals surface area (Å²) in [5.74, 6) is -0.207. The molecule has 1 unspecified atom stereocenters. The molecule has 0 N–H and O–H groups in total. The average molecular weight is 324 g/mol. The van der Waals surface area contributed by atoms with Crippen molar-refractivity contribution in [3.05, 3.63) is 35.9 Å². The van der Waals surface area contributed by atoms with Crippen LogP contribution in [0, 0.1) is 0 Å². The van der Waals surface area contributed by atoms with Crippen molar-refractivity contribution in [3.63, 3.8) is 0 Å². The molecule has 1 atom stereocenters. The van der Waals surface area contributed by atoms with Crippen LogP contribution in [0.25, 0.3) is 0 Å². The molecule has 19 heavy (non-hydrogen) atoms. The van der Waals surface area contributed by atoms with Crippen molar-refractivity contribution in [1.29, 1.82) is 0 Å². The molecular weight excluding hydrogens is 307 g/mol. The van der Waals surface area contributed by atoms with Crippen molar-refractivity contribution in [2.24, 2.45) is 0 Å². The van der Waals surface area contributed by atoms with Gasteiger partial charge in [0, 0.05) is 13.1 Å². The average Bonchev–Trinajstić information content (AvgIpc) is 2.34. The summed E-state index contributed by atoms with van der Waals surface area (Å²) in [4.78, 5) is 15.7. The van der Waals surface area contributed by atoms with Crippen LogP contribution in [-0.2, 0) is 4.79 Å². The zero-order valence-electron chi connectivity index (χ0n) is 10.8. The third-order valence-corrected chi connectivity index (χ3v) is 3.84. The largest absolute Gasteiger partial charge is 0.328 e. The molecule has 1 amide bonds. The van der Waals surface area contributed by atoms with Crippen LogP contribution in [0.2, 0.25) is 0 Å². The lowest BCUT2D eigenvalue weighted by Crippen LogP contribution is -2.63. The molecule has 1 aromatic carbocycles. The third kappa shape index (κ3) is 3.16. The van der Waals surface area contributed by atoms with Gasteiger partial charge in [-0.1, -0.05) is 53.5 Å². The number of carbonyl (C=O) groups is 1. The molecule has 1 aliphatic heterocycles. The van der Waals surface area contributed by atoms with Crippen molar-refractivity contribution in [2.45, 2.75) is 10.4 Å². The standard InChI is InChI=1S/C13H16Cl2N2O.ClH/c1-16(2)8-9-17-11(13(14,15)12(17)18)10-6-4-3-5-7-10;/h3-7,11H,8-9H2,1-2H3;1H. The molecule has 106 valence electrons. The summed E-state index contributed by atoms with van der Waals surface area (Å²) in [7, 11) is 3.94. The molecule has 1 aliphatic rings. The Labute approximate surface area is 129 Å². The normalized spacial score (nSPS) is 21.0. The van der Waals surface area contributed by atoms with Crippen LogP contribution in [0.4, 0.5) is 0 Å². The number of carbonyl (C=O) groups excluding carboxylic acids is 1. The maximum Gasteiger partial charge on any atom is 0.262 e. The predicted octanol–water partition coefficient (Wildman–Crippen LogP) is 2.73. The van der Waals surface area contributed by atoms with E-state index in [1.165, 1.54) is 0 Å². The Bertz CT molecular complexity index is 437. The molecule has 1 fully saturated rings. The minimum atomic E-state index is -1.33. The van der Waals surface area contributed by atoms with Gasteiger partial charge in [0.25, 0.3) is 5.91 Å². The predicted molar refractivity (Wildman–Crippen MR) is 81.1 cm³/mol. The zero-order valence-corrected chi connectivity index (χ0v) is 13.2. The molecule has 6 heteroatoms. The van der Waals surface area contributed by atoms with Gasteiger partial charge >= 0.3 is 0 Å². The second-order valence-electron chi connectivity index (χ2n) is 4.74. The number of alkyl halides is 2. The van der Waals surface area contributed by atoms with Gasteiger partial charge in [-0.2, -0.15) is 0 Å². The second-order valence-corrected chi connectivity index (χ2v) is 6.12. The first-order valence-corrected chi connectivity index (χ1v) is 6.58. The number of nitrogens with zero attached hydrogens (tertiary/aromatic N) is 2. The van der Waals surface area contributed by atoms with Gasteiger partial charge in [0.05, 0.1) is 6.04 Å². The minimum Gasteiger partial charge on any atom is -0.328 e. The summed E-state index contributed by atoms with van der Waals surface area (Å²) in [6, 6.07) is 9.41. The van der Waals surface area contributed by atoms with E-state index < -0.39 is 4.33 Å². The lowest BCUT2D eigenvalue weighted by Gasteiger charge is -2.49. The quantitative estimate of drug-likeness (QED) is 0.628. The van der Waals surface area contributed by atoms with Crippen LogP contribution in [0.15, 0.2) is 30.3 Å². The van der Waals surface area contributed by atoms with Gasteiger partial charge in [0.2, 0.25) is 4.33 Å². The number of likely N-dealkylation sites (tertiary alicyclic amines) is 1. The van der Waals surface area contributed by atoms with E-state index in [1.807, 2.05) is 49.3 Å². The molecule has 1 aromatic rings. The summed E-state index contributed by atoms with van der Waals surface area (Å²) < 4.78 is -1.33. The summed E-state index contributed by atoms with van der Waals surface area (Å²) >= 11 is 12.3.